The van der Waals surface area contributed by atoms with Gasteiger partial charge in [0.1, 0.15) is 6.17 Å². The summed E-state index contributed by atoms with van der Waals surface area (Å²) in [7, 11) is 0. The minimum absolute atomic E-state index is 0.0545. The lowest BCUT2D eigenvalue weighted by atomic mass is 10.1. The Labute approximate surface area is 102 Å². The monoisotopic (exact) mass is 230 g/mol. The lowest BCUT2D eigenvalue weighted by molar-refractivity contribution is -0.130. The summed E-state index contributed by atoms with van der Waals surface area (Å²) >= 11 is 0. The van der Waals surface area contributed by atoms with Crippen molar-refractivity contribution in [3.63, 3.8) is 0 Å². The van der Waals surface area contributed by atoms with Gasteiger partial charge in [0.15, 0.2) is 0 Å². The molecule has 1 saturated carbocycles. The quantitative estimate of drug-likeness (QED) is 0.842. The third kappa shape index (κ3) is 1.84. The van der Waals surface area contributed by atoms with Crippen molar-refractivity contribution >= 4 is 5.91 Å². The van der Waals surface area contributed by atoms with Crippen LogP contribution in [-0.4, -0.2) is 22.9 Å². The number of carbonyl (C=O) groups excluding carboxylic acids is 1. The van der Waals surface area contributed by atoms with Gasteiger partial charge in [0.05, 0.1) is 6.04 Å². The summed E-state index contributed by atoms with van der Waals surface area (Å²) in [5.74, 6) is 0.249. The van der Waals surface area contributed by atoms with Crippen molar-refractivity contribution in [2.45, 2.75) is 44.9 Å². The second-order valence-corrected chi connectivity index (χ2v) is 5.18. The summed E-state index contributed by atoms with van der Waals surface area (Å²) < 4.78 is 0. The molecule has 2 unspecified atom stereocenters. The van der Waals surface area contributed by atoms with Gasteiger partial charge in [-0.15, -0.1) is 0 Å². The van der Waals surface area contributed by atoms with E-state index in [2.05, 4.69) is 36.5 Å². The Kier molecular flexibility index (Phi) is 2.44. The van der Waals surface area contributed by atoms with Gasteiger partial charge in [0, 0.05) is 6.04 Å². The van der Waals surface area contributed by atoms with E-state index in [9.17, 15) is 4.79 Å². The first-order valence-electron chi connectivity index (χ1n) is 6.31. The van der Waals surface area contributed by atoms with Crippen LogP contribution in [0, 0.1) is 6.92 Å². The van der Waals surface area contributed by atoms with Crippen LogP contribution in [0.2, 0.25) is 0 Å². The zero-order valence-corrected chi connectivity index (χ0v) is 10.3. The Morgan fingerprint density at radius 1 is 1.35 bits per heavy atom. The molecule has 0 spiro atoms. The summed E-state index contributed by atoms with van der Waals surface area (Å²) in [4.78, 5) is 14.2. The number of nitrogens with zero attached hydrogens (tertiary/aromatic N) is 1. The van der Waals surface area contributed by atoms with Crippen LogP contribution >= 0.6 is 0 Å². The number of aryl methyl sites for hydroxylation is 1. The predicted molar refractivity (Wildman–Crippen MR) is 66.4 cm³/mol. The van der Waals surface area contributed by atoms with Gasteiger partial charge >= 0.3 is 0 Å². The highest BCUT2D eigenvalue weighted by Crippen LogP contribution is 2.37. The number of rotatable bonds is 2. The lowest BCUT2D eigenvalue weighted by Crippen LogP contribution is -2.32. The first-order valence-corrected chi connectivity index (χ1v) is 6.31. The number of hydrogen-bond donors (Lipinski definition) is 1. The molecule has 1 amide bonds. The van der Waals surface area contributed by atoms with E-state index in [4.69, 9.17) is 0 Å². The molecule has 0 bridgehead atoms. The smallest absolute Gasteiger partial charge is 0.241 e. The molecule has 1 aliphatic carbocycles. The zero-order chi connectivity index (χ0) is 12.0. The molecule has 2 fully saturated rings. The molecule has 1 N–H and O–H groups in total. The Bertz CT molecular complexity index is 453. The molecule has 1 saturated heterocycles. The second-order valence-electron chi connectivity index (χ2n) is 5.18. The number of carbonyl (C=O) groups is 1. The molecule has 1 heterocycles. The van der Waals surface area contributed by atoms with Gasteiger partial charge < -0.3 is 4.90 Å². The fourth-order valence-electron chi connectivity index (χ4n) is 2.58. The average molecular weight is 230 g/mol. The van der Waals surface area contributed by atoms with Gasteiger partial charge in [-0.2, -0.15) is 0 Å². The van der Waals surface area contributed by atoms with E-state index in [1.807, 2.05) is 11.8 Å². The van der Waals surface area contributed by atoms with Gasteiger partial charge in [-0.25, -0.2) is 0 Å². The largest absolute Gasteiger partial charge is 0.319 e. The van der Waals surface area contributed by atoms with Crippen molar-refractivity contribution in [1.82, 2.24) is 10.2 Å². The summed E-state index contributed by atoms with van der Waals surface area (Å²) in [6.07, 6.45) is 2.38. The summed E-state index contributed by atoms with van der Waals surface area (Å²) in [6, 6.07) is 8.83. The molecule has 2 atom stereocenters. The van der Waals surface area contributed by atoms with Crippen LogP contribution in [0.25, 0.3) is 0 Å². The van der Waals surface area contributed by atoms with Crippen molar-refractivity contribution in [1.29, 1.82) is 0 Å². The molecule has 0 aromatic heterocycles. The van der Waals surface area contributed by atoms with Crippen LogP contribution in [0.1, 0.15) is 37.1 Å². The van der Waals surface area contributed by atoms with Crippen molar-refractivity contribution < 1.29 is 4.79 Å². The zero-order valence-electron chi connectivity index (χ0n) is 10.3. The van der Waals surface area contributed by atoms with E-state index >= 15 is 0 Å². The molecule has 3 heteroatoms. The summed E-state index contributed by atoms with van der Waals surface area (Å²) in [6.45, 7) is 4.04. The Hall–Kier alpha value is -1.35. The third-order valence-corrected chi connectivity index (χ3v) is 3.61. The molecule has 1 aliphatic heterocycles. The van der Waals surface area contributed by atoms with Crippen LogP contribution < -0.4 is 5.32 Å². The summed E-state index contributed by atoms with van der Waals surface area (Å²) in [5.41, 5.74) is 2.45. The van der Waals surface area contributed by atoms with Crippen molar-refractivity contribution in [3.8, 4) is 0 Å². The molecule has 1 aromatic carbocycles. The maximum Gasteiger partial charge on any atom is 0.241 e. The van der Waals surface area contributed by atoms with E-state index in [1.165, 1.54) is 11.1 Å². The summed E-state index contributed by atoms with van der Waals surface area (Å²) in [5, 5.41) is 3.39. The van der Waals surface area contributed by atoms with E-state index in [0.29, 0.717) is 6.04 Å². The first-order chi connectivity index (χ1) is 8.16. The molecule has 3 rings (SSSR count). The van der Waals surface area contributed by atoms with Crippen molar-refractivity contribution in [2.24, 2.45) is 0 Å². The van der Waals surface area contributed by atoms with Gasteiger partial charge in [-0.3, -0.25) is 10.1 Å². The number of nitrogens with one attached hydrogen (secondary N) is 1. The SMILES string of the molecule is Cc1cccc(C2NC(C)C(=O)N2C2CC2)c1. The topological polar surface area (TPSA) is 32.3 Å². The van der Waals surface area contributed by atoms with E-state index in [1.54, 1.807) is 0 Å². The Balaban J connectivity index is 1.93. The number of benzene rings is 1. The normalized spacial score (nSPS) is 28.8. The molecular weight excluding hydrogens is 212 g/mol. The number of hydrogen-bond acceptors (Lipinski definition) is 2. The highest BCUT2D eigenvalue weighted by atomic mass is 16.2. The first kappa shape index (κ1) is 10.8. The molecule has 90 valence electrons. The average Bonchev–Trinajstić information content (AvgIpc) is 3.08. The Morgan fingerprint density at radius 3 is 2.76 bits per heavy atom. The Morgan fingerprint density at radius 2 is 2.12 bits per heavy atom. The standard InChI is InChI=1S/C14H18N2O/c1-9-4-3-5-11(8-9)13-15-10(2)14(17)16(13)12-6-7-12/h3-5,8,10,12-13,15H,6-7H2,1-2H3. The third-order valence-electron chi connectivity index (χ3n) is 3.61. The van der Waals surface area contributed by atoms with Gasteiger partial charge in [0.25, 0.3) is 0 Å². The second kappa shape index (κ2) is 3.84. The molecule has 17 heavy (non-hydrogen) atoms. The van der Waals surface area contributed by atoms with E-state index in [-0.39, 0.29) is 18.1 Å². The highest BCUT2D eigenvalue weighted by molar-refractivity contribution is 5.84. The van der Waals surface area contributed by atoms with Gasteiger partial charge in [-0.05, 0) is 32.3 Å². The van der Waals surface area contributed by atoms with Crippen LogP contribution in [0.4, 0.5) is 0 Å². The van der Waals surface area contributed by atoms with Crippen molar-refractivity contribution in [3.05, 3.63) is 35.4 Å². The van der Waals surface area contributed by atoms with Crippen molar-refractivity contribution in [2.75, 3.05) is 0 Å². The fourth-order valence-corrected chi connectivity index (χ4v) is 2.58. The maximum atomic E-state index is 12.1. The van der Waals surface area contributed by atoms with Gasteiger partial charge in [0.2, 0.25) is 5.91 Å². The van der Waals surface area contributed by atoms with Crippen LogP contribution in [-0.2, 0) is 4.79 Å². The van der Waals surface area contributed by atoms with E-state index in [0.717, 1.165) is 12.8 Å². The molecule has 2 aliphatic rings. The minimum atomic E-state index is -0.0545. The van der Waals surface area contributed by atoms with Crippen LogP contribution in [0.15, 0.2) is 24.3 Å². The molecule has 0 radical (unpaired) electrons. The highest BCUT2D eigenvalue weighted by Gasteiger charge is 2.44. The molecule has 3 nitrogen and oxygen atoms in total. The lowest BCUT2D eigenvalue weighted by Gasteiger charge is -2.24. The predicted octanol–water partition coefficient (Wildman–Crippen LogP) is 1.98. The van der Waals surface area contributed by atoms with Crippen LogP contribution in [0.5, 0.6) is 0 Å². The fraction of sp³-hybridized carbons (Fsp3) is 0.500. The molecule has 1 aromatic rings. The maximum absolute atomic E-state index is 12.1. The van der Waals surface area contributed by atoms with Gasteiger partial charge in [-0.1, -0.05) is 29.8 Å². The molecular formula is C14H18N2O. The van der Waals surface area contributed by atoms with Crippen LogP contribution in [0.3, 0.4) is 0 Å². The number of amides is 1. The minimum Gasteiger partial charge on any atom is -0.319 e. The van der Waals surface area contributed by atoms with E-state index < -0.39 is 0 Å².